The summed E-state index contributed by atoms with van der Waals surface area (Å²) in [4.78, 5) is 0. The number of para-hydroxylation sites is 3. The summed E-state index contributed by atoms with van der Waals surface area (Å²) in [5.74, 6) is 0. The van der Waals surface area contributed by atoms with E-state index >= 15 is 0 Å². The SMILES string of the molecule is c1ccc(-n2c3ccccc3c3c(-c4ccc5c6ccccc6n(-c6cc(-c7cccc8c7sc7ccccc78)c7sc8ccccc8c7c6)c5c4)cccc32)cc1. The number of hydrogen-bond acceptors (Lipinski definition) is 2. The molecule has 4 heterocycles. The number of rotatable bonds is 4. The lowest BCUT2D eigenvalue weighted by molar-refractivity contribution is 1.18. The van der Waals surface area contributed by atoms with Gasteiger partial charge < -0.3 is 9.13 Å². The van der Waals surface area contributed by atoms with Crippen LogP contribution in [0.4, 0.5) is 0 Å². The largest absolute Gasteiger partial charge is 0.309 e. The first-order valence-corrected chi connectivity index (χ1v) is 21.4. The summed E-state index contributed by atoms with van der Waals surface area (Å²) in [7, 11) is 0. The van der Waals surface area contributed by atoms with E-state index in [-0.39, 0.29) is 0 Å². The van der Waals surface area contributed by atoms with E-state index in [1.54, 1.807) is 0 Å². The molecule has 58 heavy (non-hydrogen) atoms. The van der Waals surface area contributed by atoms with Crippen LogP contribution >= 0.6 is 22.7 Å². The van der Waals surface area contributed by atoms with Crippen molar-refractivity contribution in [2.75, 3.05) is 0 Å². The molecule has 9 aromatic carbocycles. The Kier molecular flexibility index (Phi) is 6.79. The second-order valence-electron chi connectivity index (χ2n) is 15.2. The van der Waals surface area contributed by atoms with Crippen LogP contribution in [-0.4, -0.2) is 9.13 Å². The van der Waals surface area contributed by atoms with E-state index in [1.807, 2.05) is 22.7 Å². The summed E-state index contributed by atoms with van der Waals surface area (Å²) >= 11 is 3.81. The molecule has 270 valence electrons. The lowest BCUT2D eigenvalue weighted by Gasteiger charge is -2.14. The minimum atomic E-state index is 1.17. The fourth-order valence-corrected chi connectivity index (χ4v) is 12.1. The summed E-state index contributed by atoms with van der Waals surface area (Å²) in [6.45, 7) is 0. The molecular formula is C54H32N2S2. The first-order valence-electron chi connectivity index (χ1n) is 19.8. The predicted molar refractivity (Wildman–Crippen MR) is 252 cm³/mol. The zero-order chi connectivity index (χ0) is 37.9. The van der Waals surface area contributed by atoms with Crippen LogP contribution in [0.25, 0.3) is 118 Å². The number of aromatic nitrogens is 2. The van der Waals surface area contributed by atoms with Gasteiger partial charge in [-0.15, -0.1) is 22.7 Å². The van der Waals surface area contributed by atoms with E-state index < -0.39 is 0 Å². The maximum atomic E-state index is 2.52. The Labute approximate surface area is 341 Å². The maximum Gasteiger partial charge on any atom is 0.0547 e. The third-order valence-electron chi connectivity index (χ3n) is 12.1. The smallest absolute Gasteiger partial charge is 0.0547 e. The molecule has 0 radical (unpaired) electrons. The first kappa shape index (κ1) is 32.1. The molecule has 4 aromatic heterocycles. The first-order chi connectivity index (χ1) is 28.8. The molecule has 0 atom stereocenters. The van der Waals surface area contributed by atoms with Crippen molar-refractivity contribution in [2.45, 2.75) is 0 Å². The molecule has 0 amide bonds. The van der Waals surface area contributed by atoms with Gasteiger partial charge in [0.2, 0.25) is 0 Å². The van der Waals surface area contributed by atoms with Crippen LogP contribution in [0, 0.1) is 0 Å². The molecule has 0 saturated carbocycles. The third kappa shape index (κ3) is 4.53. The second kappa shape index (κ2) is 12.3. The number of benzene rings is 9. The van der Waals surface area contributed by atoms with Gasteiger partial charge in [0, 0.05) is 84.4 Å². The Morgan fingerprint density at radius 3 is 1.64 bits per heavy atom. The van der Waals surface area contributed by atoms with Crippen molar-refractivity contribution in [1.82, 2.24) is 9.13 Å². The van der Waals surface area contributed by atoms with E-state index in [0.717, 1.165) is 0 Å². The molecule has 4 heteroatoms. The quantitative estimate of drug-likeness (QED) is 0.169. The van der Waals surface area contributed by atoms with E-state index in [9.17, 15) is 0 Å². The second-order valence-corrected chi connectivity index (χ2v) is 17.3. The Morgan fingerprint density at radius 2 is 0.845 bits per heavy atom. The molecule has 0 N–H and O–H groups in total. The number of fused-ring (bicyclic) bond motifs is 12. The number of hydrogen-bond donors (Lipinski definition) is 0. The fraction of sp³-hybridized carbons (Fsp3) is 0. The minimum Gasteiger partial charge on any atom is -0.309 e. The standard InChI is InChI=1S/C54H32N2S2/c1-2-14-34(15-3-1)55-47-24-9-5-19-43(47)52-36(20-13-25-48(52)55)33-28-29-38-37-16-4-8-23-46(37)56(49(38)30-33)35-31-44-40-18-7-11-27-51(40)58-54(44)45(32-35)42-22-12-21-41-39-17-6-10-26-50(39)57-53(41)42/h1-32H. The highest BCUT2D eigenvalue weighted by Crippen LogP contribution is 2.48. The molecule has 2 nitrogen and oxygen atoms in total. The van der Waals surface area contributed by atoms with Crippen molar-refractivity contribution in [3.05, 3.63) is 194 Å². The average Bonchev–Trinajstić information content (AvgIpc) is 4.04. The van der Waals surface area contributed by atoms with Crippen LogP contribution in [0.3, 0.4) is 0 Å². The van der Waals surface area contributed by atoms with Crippen molar-refractivity contribution in [1.29, 1.82) is 0 Å². The van der Waals surface area contributed by atoms with Gasteiger partial charge in [-0.3, -0.25) is 0 Å². The molecule has 0 bridgehead atoms. The van der Waals surface area contributed by atoms with Gasteiger partial charge >= 0.3 is 0 Å². The van der Waals surface area contributed by atoms with Crippen LogP contribution in [0.1, 0.15) is 0 Å². The Morgan fingerprint density at radius 1 is 0.293 bits per heavy atom. The average molecular weight is 773 g/mol. The lowest BCUT2D eigenvalue weighted by Crippen LogP contribution is -1.95. The van der Waals surface area contributed by atoms with Crippen molar-refractivity contribution >= 4 is 107 Å². The van der Waals surface area contributed by atoms with E-state index in [2.05, 4.69) is 203 Å². The Bertz CT molecular complexity index is 3800. The zero-order valence-electron chi connectivity index (χ0n) is 31.2. The van der Waals surface area contributed by atoms with Gasteiger partial charge in [0.15, 0.2) is 0 Å². The third-order valence-corrected chi connectivity index (χ3v) is 14.6. The molecule has 13 aromatic rings. The van der Waals surface area contributed by atoms with Crippen molar-refractivity contribution in [3.63, 3.8) is 0 Å². The lowest BCUT2D eigenvalue weighted by atomic mass is 9.98. The summed E-state index contributed by atoms with van der Waals surface area (Å²) in [6, 6.07) is 71.8. The predicted octanol–water partition coefficient (Wildman–Crippen LogP) is 16.0. The molecule has 0 fully saturated rings. The monoisotopic (exact) mass is 772 g/mol. The van der Waals surface area contributed by atoms with Gasteiger partial charge in [0.05, 0.1) is 22.1 Å². The molecule has 0 aliphatic rings. The van der Waals surface area contributed by atoms with Crippen LogP contribution in [0.5, 0.6) is 0 Å². The number of thiophene rings is 2. The summed E-state index contributed by atoms with van der Waals surface area (Å²) in [5, 5.41) is 10.3. The van der Waals surface area contributed by atoms with Crippen LogP contribution < -0.4 is 0 Å². The topological polar surface area (TPSA) is 9.86 Å². The van der Waals surface area contributed by atoms with E-state index in [4.69, 9.17) is 0 Å². The molecule has 0 aliphatic carbocycles. The van der Waals surface area contributed by atoms with Crippen molar-refractivity contribution in [2.24, 2.45) is 0 Å². The fourth-order valence-electron chi connectivity index (χ4n) is 9.63. The van der Waals surface area contributed by atoms with Crippen LogP contribution in [0.2, 0.25) is 0 Å². The Hall–Kier alpha value is -6.98. The molecular weight excluding hydrogens is 741 g/mol. The maximum absolute atomic E-state index is 2.52. The summed E-state index contributed by atoms with van der Waals surface area (Å²) in [6.07, 6.45) is 0. The summed E-state index contributed by atoms with van der Waals surface area (Å²) < 4.78 is 10.2. The zero-order valence-corrected chi connectivity index (χ0v) is 32.8. The van der Waals surface area contributed by atoms with Crippen LogP contribution in [-0.2, 0) is 0 Å². The van der Waals surface area contributed by atoms with E-state index in [0.29, 0.717) is 0 Å². The van der Waals surface area contributed by atoms with Crippen molar-refractivity contribution in [3.8, 4) is 33.6 Å². The van der Waals surface area contributed by atoms with Crippen LogP contribution in [0.15, 0.2) is 194 Å². The van der Waals surface area contributed by atoms with Gasteiger partial charge in [0.25, 0.3) is 0 Å². The number of nitrogens with zero attached hydrogens (tertiary/aromatic N) is 2. The molecule has 0 spiro atoms. The van der Waals surface area contributed by atoms with E-state index in [1.165, 1.54) is 118 Å². The highest BCUT2D eigenvalue weighted by atomic mass is 32.1. The van der Waals surface area contributed by atoms with Gasteiger partial charge in [-0.1, -0.05) is 133 Å². The van der Waals surface area contributed by atoms with Gasteiger partial charge in [-0.05, 0) is 71.8 Å². The van der Waals surface area contributed by atoms with Gasteiger partial charge in [-0.2, -0.15) is 0 Å². The summed E-state index contributed by atoms with van der Waals surface area (Å²) in [5.41, 5.74) is 12.2. The molecule has 13 rings (SSSR count). The minimum absolute atomic E-state index is 1.17. The van der Waals surface area contributed by atoms with Gasteiger partial charge in [0.1, 0.15) is 0 Å². The Balaban J connectivity index is 1.11. The molecule has 0 unspecified atom stereocenters. The molecule has 0 aliphatic heterocycles. The normalized spacial score (nSPS) is 12.1. The molecule has 0 saturated heterocycles. The highest BCUT2D eigenvalue weighted by Gasteiger charge is 2.21. The van der Waals surface area contributed by atoms with Crippen molar-refractivity contribution < 1.29 is 0 Å². The van der Waals surface area contributed by atoms with Gasteiger partial charge in [-0.25, -0.2) is 0 Å². The highest BCUT2D eigenvalue weighted by molar-refractivity contribution is 7.27.